The molecule has 0 aliphatic heterocycles. The number of rotatable bonds is 8. The van der Waals surface area contributed by atoms with Gasteiger partial charge in [0.05, 0.1) is 6.21 Å². The number of ether oxygens (including phenoxy) is 1. The Balaban J connectivity index is 1.43. The minimum Gasteiger partial charge on any atom is -0.488 e. The smallest absolute Gasteiger partial charge is 0.212 e. The Kier molecular flexibility index (Phi) is 6.57. The van der Waals surface area contributed by atoms with Gasteiger partial charge in [-0.3, -0.25) is 0 Å². The molecule has 0 aliphatic rings. The van der Waals surface area contributed by atoms with Crippen LogP contribution in [0, 0.1) is 6.92 Å². The first-order valence-corrected chi connectivity index (χ1v) is 10.6. The van der Waals surface area contributed by atoms with E-state index in [1.807, 2.05) is 42.5 Å². The fourth-order valence-electron chi connectivity index (χ4n) is 2.80. The first kappa shape index (κ1) is 19.9. The van der Waals surface area contributed by atoms with Crippen molar-refractivity contribution in [2.45, 2.75) is 24.4 Å². The van der Waals surface area contributed by atoms with Crippen molar-refractivity contribution in [3.63, 3.8) is 0 Å². The zero-order valence-electron chi connectivity index (χ0n) is 16.7. The van der Waals surface area contributed by atoms with Crippen molar-refractivity contribution in [2.24, 2.45) is 5.10 Å². The maximum atomic E-state index is 6.03. The molecular formula is C24H22N4OS. The van der Waals surface area contributed by atoms with E-state index in [0.29, 0.717) is 6.61 Å². The van der Waals surface area contributed by atoms with Gasteiger partial charge < -0.3 is 4.74 Å². The third-order valence-electron chi connectivity index (χ3n) is 4.47. The van der Waals surface area contributed by atoms with Crippen LogP contribution in [0.15, 0.2) is 95.4 Å². The lowest BCUT2D eigenvalue weighted by Crippen LogP contribution is -1.99. The molecule has 5 nitrogen and oxygen atoms in total. The summed E-state index contributed by atoms with van der Waals surface area (Å²) in [6.45, 7) is 2.59. The highest BCUT2D eigenvalue weighted by atomic mass is 32.2. The second-order valence-electron chi connectivity index (χ2n) is 6.79. The Morgan fingerprint density at radius 2 is 1.70 bits per heavy atom. The van der Waals surface area contributed by atoms with Crippen LogP contribution in [-0.4, -0.2) is 21.1 Å². The molecule has 0 saturated carbocycles. The average molecular weight is 415 g/mol. The van der Waals surface area contributed by atoms with Gasteiger partial charge >= 0.3 is 0 Å². The highest BCUT2D eigenvalue weighted by Crippen LogP contribution is 2.21. The van der Waals surface area contributed by atoms with Crippen molar-refractivity contribution in [1.29, 1.82) is 0 Å². The van der Waals surface area contributed by atoms with E-state index in [9.17, 15) is 0 Å². The van der Waals surface area contributed by atoms with Crippen molar-refractivity contribution in [2.75, 3.05) is 0 Å². The molecule has 0 bridgehead atoms. The molecule has 0 unspecified atom stereocenters. The van der Waals surface area contributed by atoms with Crippen molar-refractivity contribution in [3.8, 4) is 5.75 Å². The van der Waals surface area contributed by atoms with E-state index in [1.165, 1.54) is 11.1 Å². The molecule has 3 aromatic carbocycles. The molecule has 0 radical (unpaired) electrons. The molecule has 1 aromatic heterocycles. The highest BCUT2D eigenvalue weighted by molar-refractivity contribution is 7.98. The quantitative estimate of drug-likeness (QED) is 0.288. The number of nitrogens with zero attached hydrogens (tertiary/aromatic N) is 4. The first-order chi connectivity index (χ1) is 14.8. The van der Waals surface area contributed by atoms with Crippen molar-refractivity contribution in [3.05, 3.63) is 107 Å². The van der Waals surface area contributed by atoms with Gasteiger partial charge in [0.15, 0.2) is 0 Å². The van der Waals surface area contributed by atoms with Crippen molar-refractivity contribution >= 4 is 18.0 Å². The molecule has 4 rings (SSSR count). The predicted octanol–water partition coefficient (Wildman–Crippen LogP) is 5.34. The summed E-state index contributed by atoms with van der Waals surface area (Å²) in [6.07, 6.45) is 3.39. The van der Waals surface area contributed by atoms with Gasteiger partial charge in [-0.25, -0.2) is 0 Å². The summed E-state index contributed by atoms with van der Waals surface area (Å²) >= 11 is 1.60. The van der Waals surface area contributed by atoms with Gasteiger partial charge in [0, 0.05) is 11.3 Å². The lowest BCUT2D eigenvalue weighted by Gasteiger charge is -2.09. The predicted molar refractivity (Wildman–Crippen MR) is 121 cm³/mol. The lowest BCUT2D eigenvalue weighted by molar-refractivity contribution is 0.306. The largest absolute Gasteiger partial charge is 0.488 e. The van der Waals surface area contributed by atoms with E-state index in [-0.39, 0.29) is 0 Å². The van der Waals surface area contributed by atoms with Crippen LogP contribution in [0.3, 0.4) is 0 Å². The molecule has 30 heavy (non-hydrogen) atoms. The molecule has 0 atom stereocenters. The Morgan fingerprint density at radius 3 is 2.53 bits per heavy atom. The van der Waals surface area contributed by atoms with Gasteiger partial charge in [0.1, 0.15) is 18.7 Å². The zero-order valence-corrected chi connectivity index (χ0v) is 17.5. The number of para-hydroxylation sites is 1. The Bertz CT molecular complexity index is 1110. The Morgan fingerprint density at radius 1 is 0.933 bits per heavy atom. The van der Waals surface area contributed by atoms with Crippen LogP contribution < -0.4 is 4.74 Å². The summed E-state index contributed by atoms with van der Waals surface area (Å²) < 4.78 is 7.72. The van der Waals surface area contributed by atoms with Crippen molar-refractivity contribution in [1.82, 2.24) is 14.9 Å². The van der Waals surface area contributed by atoms with Crippen LogP contribution in [0.2, 0.25) is 0 Å². The molecule has 0 spiro atoms. The van der Waals surface area contributed by atoms with E-state index in [0.717, 1.165) is 27.8 Å². The molecule has 150 valence electrons. The SMILES string of the molecule is Cc1ccc(COc2ccccc2/C=N\n2cnnc2SCc2ccccc2)cc1. The van der Waals surface area contributed by atoms with Gasteiger partial charge in [0.25, 0.3) is 0 Å². The van der Waals surface area contributed by atoms with Gasteiger partial charge in [-0.05, 0) is 30.2 Å². The van der Waals surface area contributed by atoms with Crippen LogP contribution >= 0.6 is 11.8 Å². The number of hydrogen-bond donors (Lipinski definition) is 0. The summed E-state index contributed by atoms with van der Waals surface area (Å²) in [5.74, 6) is 1.60. The maximum Gasteiger partial charge on any atom is 0.212 e. The fraction of sp³-hybridized carbons (Fsp3) is 0.125. The summed E-state index contributed by atoms with van der Waals surface area (Å²) in [5, 5.41) is 13.5. The summed E-state index contributed by atoms with van der Waals surface area (Å²) in [4.78, 5) is 0. The fourth-order valence-corrected chi connectivity index (χ4v) is 3.62. The lowest BCUT2D eigenvalue weighted by atomic mass is 10.1. The van der Waals surface area contributed by atoms with E-state index < -0.39 is 0 Å². The standard InChI is InChI=1S/C24H22N4OS/c1-19-11-13-20(14-12-19)16-29-23-10-6-5-9-22(23)15-26-28-18-25-27-24(28)30-17-21-7-3-2-4-8-21/h2-15,18H,16-17H2,1H3/b26-15-. The number of aryl methyl sites for hydroxylation is 1. The minimum atomic E-state index is 0.510. The van der Waals surface area contributed by atoms with Gasteiger partial charge in [0.2, 0.25) is 5.16 Å². The molecule has 0 saturated heterocycles. The first-order valence-electron chi connectivity index (χ1n) is 9.66. The monoisotopic (exact) mass is 414 g/mol. The third-order valence-corrected chi connectivity index (χ3v) is 5.47. The van der Waals surface area contributed by atoms with Crippen LogP contribution in [0.25, 0.3) is 0 Å². The van der Waals surface area contributed by atoms with E-state index in [2.05, 4.69) is 58.6 Å². The molecule has 0 fully saturated rings. The number of hydrogen-bond acceptors (Lipinski definition) is 5. The molecular weight excluding hydrogens is 392 g/mol. The zero-order chi connectivity index (χ0) is 20.6. The number of benzene rings is 3. The van der Waals surface area contributed by atoms with E-state index >= 15 is 0 Å². The molecule has 0 N–H and O–H groups in total. The maximum absolute atomic E-state index is 6.03. The normalized spacial score (nSPS) is 11.1. The summed E-state index contributed by atoms with van der Waals surface area (Å²) in [7, 11) is 0. The molecule has 6 heteroatoms. The molecule has 4 aromatic rings. The number of thioether (sulfide) groups is 1. The third kappa shape index (κ3) is 5.36. The molecule has 0 amide bonds. The highest BCUT2D eigenvalue weighted by Gasteiger charge is 2.06. The van der Waals surface area contributed by atoms with Crippen LogP contribution in [0.1, 0.15) is 22.3 Å². The topological polar surface area (TPSA) is 52.3 Å². The Labute approximate surface area is 180 Å². The van der Waals surface area contributed by atoms with Crippen LogP contribution in [0.4, 0.5) is 0 Å². The summed E-state index contributed by atoms with van der Waals surface area (Å²) in [5.41, 5.74) is 4.50. The second kappa shape index (κ2) is 9.89. The van der Waals surface area contributed by atoms with Gasteiger partial charge in [-0.15, -0.1) is 10.2 Å². The van der Waals surface area contributed by atoms with Gasteiger partial charge in [-0.2, -0.15) is 9.78 Å². The van der Waals surface area contributed by atoms with Crippen LogP contribution in [0.5, 0.6) is 5.75 Å². The average Bonchev–Trinajstić information content (AvgIpc) is 3.24. The van der Waals surface area contributed by atoms with E-state index in [4.69, 9.17) is 4.74 Å². The molecule has 1 heterocycles. The van der Waals surface area contributed by atoms with Gasteiger partial charge in [-0.1, -0.05) is 84.1 Å². The summed E-state index contributed by atoms with van der Waals surface area (Å²) in [6, 6.07) is 26.5. The minimum absolute atomic E-state index is 0.510. The van der Waals surface area contributed by atoms with Crippen LogP contribution in [-0.2, 0) is 12.4 Å². The Hall–Kier alpha value is -3.38. The van der Waals surface area contributed by atoms with Crippen molar-refractivity contribution < 1.29 is 4.74 Å². The number of aromatic nitrogens is 3. The van der Waals surface area contributed by atoms with E-state index in [1.54, 1.807) is 29.0 Å². The second-order valence-corrected chi connectivity index (χ2v) is 7.73. The molecule has 0 aliphatic carbocycles.